The van der Waals surface area contributed by atoms with Gasteiger partial charge in [-0.05, 0) is 70.1 Å². The van der Waals surface area contributed by atoms with E-state index in [1.54, 1.807) is 0 Å². The number of hydrogen-bond donors (Lipinski definition) is 0. The summed E-state index contributed by atoms with van der Waals surface area (Å²) in [5.41, 5.74) is 3.41. The second-order valence-electron chi connectivity index (χ2n) is 9.66. The molecule has 0 spiro atoms. The number of carbonyl (C=O) groups is 1. The van der Waals surface area contributed by atoms with Crippen LogP contribution in [0, 0.1) is 0 Å². The van der Waals surface area contributed by atoms with Crippen LogP contribution in [0.2, 0.25) is 0 Å². The van der Waals surface area contributed by atoms with E-state index in [0.29, 0.717) is 6.42 Å². The van der Waals surface area contributed by atoms with Gasteiger partial charge in [0.25, 0.3) is 0 Å². The summed E-state index contributed by atoms with van der Waals surface area (Å²) in [4.78, 5) is 19.1. The molecule has 0 aromatic heterocycles. The van der Waals surface area contributed by atoms with E-state index in [2.05, 4.69) is 67.2 Å². The van der Waals surface area contributed by atoms with Crippen LogP contribution < -0.4 is 0 Å². The molecule has 172 valence electrons. The standard InChI is InChI=1S/C30H36N2O/c1-24(31(2)3)22-30(27-12-6-4-7-13-27,28-14-8-5-9-15-28)29(33)26-18-16-25(17-19-26)23-32-20-10-11-21-32/h4-9,12-19,24H,10-11,20-23H2,1-3H3/t24-/m0/s1. The van der Waals surface area contributed by atoms with E-state index < -0.39 is 5.41 Å². The van der Waals surface area contributed by atoms with Gasteiger partial charge in [-0.1, -0.05) is 84.9 Å². The molecule has 0 amide bonds. The summed E-state index contributed by atoms with van der Waals surface area (Å²) in [7, 11) is 4.17. The fourth-order valence-electron chi connectivity index (χ4n) is 5.04. The zero-order valence-corrected chi connectivity index (χ0v) is 20.2. The van der Waals surface area contributed by atoms with Crippen molar-refractivity contribution >= 4 is 5.78 Å². The summed E-state index contributed by atoms with van der Waals surface area (Å²) >= 11 is 0. The van der Waals surface area contributed by atoms with Gasteiger partial charge in [0.15, 0.2) is 5.78 Å². The molecule has 0 saturated carbocycles. The number of ketones is 1. The average molecular weight is 441 g/mol. The molecule has 1 saturated heterocycles. The van der Waals surface area contributed by atoms with E-state index in [9.17, 15) is 4.79 Å². The maximum absolute atomic E-state index is 14.5. The van der Waals surface area contributed by atoms with Gasteiger partial charge in [0.1, 0.15) is 0 Å². The van der Waals surface area contributed by atoms with Crippen molar-refractivity contribution in [2.24, 2.45) is 0 Å². The number of carbonyl (C=O) groups excluding carboxylic acids is 1. The topological polar surface area (TPSA) is 23.6 Å². The molecule has 1 heterocycles. The van der Waals surface area contributed by atoms with Crippen LogP contribution >= 0.6 is 0 Å². The SMILES string of the molecule is C[C@@H](CC(C(=O)c1ccc(CN2CCCC2)cc1)(c1ccccc1)c1ccccc1)N(C)C. The Morgan fingerprint density at radius 1 is 0.848 bits per heavy atom. The lowest BCUT2D eigenvalue weighted by Crippen LogP contribution is -2.43. The molecule has 3 aromatic carbocycles. The maximum Gasteiger partial charge on any atom is 0.177 e. The highest BCUT2D eigenvalue weighted by atomic mass is 16.1. The van der Waals surface area contributed by atoms with Crippen molar-refractivity contribution in [1.29, 1.82) is 0 Å². The molecule has 0 N–H and O–H groups in total. The molecule has 0 unspecified atom stereocenters. The van der Waals surface area contributed by atoms with Crippen LogP contribution in [-0.2, 0) is 12.0 Å². The highest BCUT2D eigenvalue weighted by Gasteiger charge is 2.43. The van der Waals surface area contributed by atoms with Gasteiger partial charge >= 0.3 is 0 Å². The molecule has 1 atom stereocenters. The fourth-order valence-corrected chi connectivity index (χ4v) is 5.04. The third-order valence-corrected chi connectivity index (χ3v) is 7.22. The number of rotatable bonds is 9. The van der Waals surface area contributed by atoms with Crippen molar-refractivity contribution in [3.63, 3.8) is 0 Å². The average Bonchev–Trinajstić information content (AvgIpc) is 3.36. The Morgan fingerprint density at radius 2 is 1.36 bits per heavy atom. The number of likely N-dealkylation sites (tertiary alicyclic amines) is 1. The number of hydrogen-bond acceptors (Lipinski definition) is 3. The first-order valence-electron chi connectivity index (χ1n) is 12.1. The van der Waals surface area contributed by atoms with E-state index in [0.717, 1.165) is 23.2 Å². The lowest BCUT2D eigenvalue weighted by Gasteiger charge is -2.38. The Morgan fingerprint density at radius 3 is 1.85 bits per heavy atom. The highest BCUT2D eigenvalue weighted by Crippen LogP contribution is 2.40. The van der Waals surface area contributed by atoms with Gasteiger partial charge < -0.3 is 4.90 Å². The molecular formula is C30H36N2O. The molecule has 33 heavy (non-hydrogen) atoms. The Labute approximate surface area is 199 Å². The normalized spacial score (nSPS) is 15.6. The minimum Gasteiger partial charge on any atom is -0.307 e. The summed E-state index contributed by atoms with van der Waals surface area (Å²) in [6, 6.07) is 29.2. The van der Waals surface area contributed by atoms with E-state index >= 15 is 0 Å². The summed E-state index contributed by atoms with van der Waals surface area (Å²) in [6.45, 7) is 5.52. The predicted octanol–water partition coefficient (Wildman–Crippen LogP) is 5.79. The van der Waals surface area contributed by atoms with Crippen molar-refractivity contribution in [2.45, 2.75) is 44.2 Å². The largest absolute Gasteiger partial charge is 0.307 e. The number of benzene rings is 3. The molecule has 3 heteroatoms. The molecule has 0 radical (unpaired) electrons. The monoisotopic (exact) mass is 440 g/mol. The maximum atomic E-state index is 14.5. The van der Waals surface area contributed by atoms with Gasteiger partial charge in [0, 0.05) is 18.2 Å². The first-order valence-corrected chi connectivity index (χ1v) is 12.1. The summed E-state index contributed by atoms with van der Waals surface area (Å²) in [5, 5.41) is 0. The van der Waals surface area contributed by atoms with Gasteiger partial charge in [-0.25, -0.2) is 0 Å². The number of nitrogens with zero attached hydrogens (tertiary/aromatic N) is 2. The van der Waals surface area contributed by atoms with Crippen LogP contribution in [0.4, 0.5) is 0 Å². The van der Waals surface area contributed by atoms with E-state index in [-0.39, 0.29) is 11.8 Å². The predicted molar refractivity (Wildman–Crippen MR) is 137 cm³/mol. The summed E-state index contributed by atoms with van der Waals surface area (Å²) in [5.74, 6) is 0.168. The van der Waals surface area contributed by atoms with Crippen molar-refractivity contribution in [3.8, 4) is 0 Å². The smallest absolute Gasteiger partial charge is 0.177 e. The summed E-state index contributed by atoms with van der Waals surface area (Å²) < 4.78 is 0. The highest BCUT2D eigenvalue weighted by molar-refractivity contribution is 6.06. The molecule has 0 aliphatic carbocycles. The third kappa shape index (κ3) is 5.10. The van der Waals surface area contributed by atoms with Gasteiger partial charge in [-0.2, -0.15) is 0 Å². The van der Waals surface area contributed by atoms with Crippen molar-refractivity contribution in [3.05, 3.63) is 107 Å². The first kappa shape index (κ1) is 23.4. The Hall–Kier alpha value is -2.75. The van der Waals surface area contributed by atoms with Crippen LogP contribution in [0.25, 0.3) is 0 Å². The van der Waals surface area contributed by atoms with Crippen LogP contribution in [0.1, 0.15) is 53.2 Å². The minimum absolute atomic E-state index is 0.168. The number of Topliss-reactive ketones (excluding diaryl/α,β-unsaturated/α-hetero) is 1. The third-order valence-electron chi connectivity index (χ3n) is 7.22. The Balaban J connectivity index is 1.77. The summed E-state index contributed by atoms with van der Waals surface area (Å²) in [6.07, 6.45) is 3.29. The van der Waals surface area contributed by atoms with Gasteiger partial charge in [-0.15, -0.1) is 0 Å². The Kier molecular flexibility index (Phi) is 7.42. The first-order chi connectivity index (χ1) is 16.0. The molecular weight excluding hydrogens is 404 g/mol. The molecule has 1 aliphatic rings. The van der Waals surface area contributed by atoms with E-state index in [1.807, 2.05) is 48.5 Å². The molecule has 1 aliphatic heterocycles. The zero-order valence-electron chi connectivity index (χ0n) is 20.2. The second-order valence-corrected chi connectivity index (χ2v) is 9.66. The van der Waals surface area contributed by atoms with Crippen LogP contribution in [-0.4, -0.2) is 48.8 Å². The molecule has 1 fully saturated rings. The zero-order chi connectivity index (χ0) is 23.3. The quantitative estimate of drug-likeness (QED) is 0.393. The van der Waals surface area contributed by atoms with E-state index in [4.69, 9.17) is 0 Å². The molecule has 0 bridgehead atoms. The Bertz CT molecular complexity index is 982. The molecule has 4 rings (SSSR count). The second kappa shape index (κ2) is 10.5. The lowest BCUT2D eigenvalue weighted by molar-refractivity contribution is 0.0882. The van der Waals surface area contributed by atoms with Gasteiger partial charge in [0.05, 0.1) is 5.41 Å². The lowest BCUT2D eigenvalue weighted by atomic mass is 9.66. The van der Waals surface area contributed by atoms with Gasteiger partial charge in [0.2, 0.25) is 0 Å². The van der Waals surface area contributed by atoms with Crippen LogP contribution in [0.15, 0.2) is 84.9 Å². The minimum atomic E-state index is -0.747. The van der Waals surface area contributed by atoms with E-state index in [1.165, 1.54) is 31.5 Å². The molecule has 3 nitrogen and oxygen atoms in total. The van der Waals surface area contributed by atoms with Crippen molar-refractivity contribution in [2.75, 3.05) is 27.2 Å². The van der Waals surface area contributed by atoms with Crippen molar-refractivity contribution in [1.82, 2.24) is 9.80 Å². The van der Waals surface area contributed by atoms with Crippen LogP contribution in [0.5, 0.6) is 0 Å². The van der Waals surface area contributed by atoms with Crippen molar-refractivity contribution < 1.29 is 4.79 Å². The molecule has 3 aromatic rings. The fraction of sp³-hybridized carbons (Fsp3) is 0.367. The van der Waals surface area contributed by atoms with Crippen LogP contribution in [0.3, 0.4) is 0 Å². The van der Waals surface area contributed by atoms with Gasteiger partial charge in [-0.3, -0.25) is 9.69 Å².